The van der Waals surface area contributed by atoms with Crippen molar-refractivity contribution in [3.8, 4) is 0 Å². The average Bonchev–Trinajstić information content (AvgIpc) is 2.35. The average molecular weight is 265 g/mol. The van der Waals surface area contributed by atoms with Crippen molar-refractivity contribution in [1.82, 2.24) is 4.98 Å². The molecule has 0 amide bonds. The minimum absolute atomic E-state index is 0.139. The molecule has 0 fully saturated rings. The third kappa shape index (κ3) is 2.86. The molecular formula is C14H14ClFN2. The summed E-state index contributed by atoms with van der Waals surface area (Å²) in [4.78, 5) is 4.36. The summed E-state index contributed by atoms with van der Waals surface area (Å²) in [6, 6.07) is 10.1. The van der Waals surface area contributed by atoms with E-state index in [2.05, 4.69) is 4.98 Å². The predicted octanol–water partition coefficient (Wildman–Crippen LogP) is 3.43. The summed E-state index contributed by atoms with van der Waals surface area (Å²) in [5.41, 5.74) is 8.47. The molecule has 2 aromatic rings. The molecule has 2 N–H and O–H groups in total. The molecule has 18 heavy (non-hydrogen) atoms. The molecule has 0 aliphatic carbocycles. The van der Waals surface area contributed by atoms with E-state index >= 15 is 0 Å². The number of pyridine rings is 1. The number of aryl methyl sites for hydroxylation is 1. The van der Waals surface area contributed by atoms with Crippen LogP contribution in [-0.4, -0.2) is 4.98 Å². The number of halogens is 2. The fourth-order valence-electron chi connectivity index (χ4n) is 1.82. The van der Waals surface area contributed by atoms with E-state index in [9.17, 15) is 4.39 Å². The van der Waals surface area contributed by atoms with Gasteiger partial charge >= 0.3 is 0 Å². The lowest BCUT2D eigenvalue weighted by molar-refractivity contribution is 0.621. The van der Waals surface area contributed by atoms with Crippen molar-refractivity contribution < 1.29 is 4.39 Å². The summed E-state index contributed by atoms with van der Waals surface area (Å²) in [5.74, 6) is -0.418. The van der Waals surface area contributed by atoms with Gasteiger partial charge in [-0.2, -0.15) is 0 Å². The molecule has 1 atom stereocenters. The molecule has 0 radical (unpaired) electrons. The highest BCUT2D eigenvalue weighted by Gasteiger charge is 2.12. The van der Waals surface area contributed by atoms with Crippen LogP contribution in [0.1, 0.15) is 23.0 Å². The fraction of sp³-hybridized carbons (Fsp3) is 0.214. The molecule has 94 valence electrons. The first-order valence-corrected chi connectivity index (χ1v) is 6.07. The highest BCUT2D eigenvalue weighted by Crippen LogP contribution is 2.23. The summed E-state index contributed by atoms with van der Waals surface area (Å²) in [6.07, 6.45) is 0.465. The van der Waals surface area contributed by atoms with Gasteiger partial charge in [-0.05, 0) is 37.1 Å². The molecule has 0 spiro atoms. The zero-order valence-corrected chi connectivity index (χ0v) is 10.8. The topological polar surface area (TPSA) is 38.9 Å². The number of rotatable bonds is 3. The zero-order chi connectivity index (χ0) is 13.1. The number of nitrogens with two attached hydrogens (primary N) is 1. The number of nitrogens with zero attached hydrogens (tertiary/aromatic N) is 1. The Bertz CT molecular complexity index is 557. The largest absolute Gasteiger partial charge is 0.322 e. The van der Waals surface area contributed by atoms with E-state index in [1.54, 1.807) is 12.1 Å². The van der Waals surface area contributed by atoms with E-state index in [-0.39, 0.29) is 11.1 Å². The molecule has 0 aliphatic heterocycles. The summed E-state index contributed by atoms with van der Waals surface area (Å²) < 4.78 is 13.3. The van der Waals surface area contributed by atoms with Gasteiger partial charge in [-0.1, -0.05) is 29.8 Å². The van der Waals surface area contributed by atoms with Gasteiger partial charge in [0.05, 0.1) is 16.8 Å². The van der Waals surface area contributed by atoms with Gasteiger partial charge in [-0.25, -0.2) is 4.39 Å². The lowest BCUT2D eigenvalue weighted by Gasteiger charge is -2.13. The molecule has 1 aromatic carbocycles. The van der Waals surface area contributed by atoms with Crippen LogP contribution in [0.3, 0.4) is 0 Å². The summed E-state index contributed by atoms with van der Waals surface area (Å²) in [6.45, 7) is 1.91. The first kappa shape index (κ1) is 13.0. The third-order valence-electron chi connectivity index (χ3n) is 2.76. The maximum Gasteiger partial charge on any atom is 0.142 e. The van der Waals surface area contributed by atoms with Crippen LogP contribution in [0.5, 0.6) is 0 Å². The van der Waals surface area contributed by atoms with Crippen molar-refractivity contribution in [1.29, 1.82) is 0 Å². The number of hydrogen-bond donors (Lipinski definition) is 1. The molecular weight excluding hydrogens is 251 g/mol. The second-order valence-electron chi connectivity index (χ2n) is 4.23. The minimum Gasteiger partial charge on any atom is -0.322 e. The van der Waals surface area contributed by atoms with Crippen molar-refractivity contribution in [2.45, 2.75) is 19.4 Å². The third-order valence-corrected chi connectivity index (χ3v) is 3.18. The van der Waals surface area contributed by atoms with E-state index in [4.69, 9.17) is 17.3 Å². The van der Waals surface area contributed by atoms with Crippen LogP contribution in [0.2, 0.25) is 5.02 Å². The molecule has 2 rings (SSSR count). The second kappa shape index (κ2) is 5.46. The fourth-order valence-corrected chi connectivity index (χ4v) is 2.02. The summed E-state index contributed by atoms with van der Waals surface area (Å²) in [5, 5.41) is 0.139. The van der Waals surface area contributed by atoms with E-state index in [0.29, 0.717) is 12.0 Å². The van der Waals surface area contributed by atoms with Crippen LogP contribution in [0, 0.1) is 12.7 Å². The monoisotopic (exact) mass is 264 g/mol. The van der Waals surface area contributed by atoms with Gasteiger partial charge in [0, 0.05) is 5.69 Å². The number of benzene rings is 1. The Morgan fingerprint density at radius 1 is 1.28 bits per heavy atom. The van der Waals surface area contributed by atoms with Crippen LogP contribution < -0.4 is 5.73 Å². The lowest BCUT2D eigenvalue weighted by atomic mass is 10.0. The van der Waals surface area contributed by atoms with Crippen molar-refractivity contribution in [3.63, 3.8) is 0 Å². The standard InChI is InChI=1S/C14H14ClFN2/c1-9-4-2-7-13(18-9)12(17)8-10-5-3-6-11(16)14(10)15/h2-7,12H,8,17H2,1H3. The van der Waals surface area contributed by atoms with Gasteiger partial charge in [0.2, 0.25) is 0 Å². The van der Waals surface area contributed by atoms with Crippen LogP contribution in [0.15, 0.2) is 36.4 Å². The van der Waals surface area contributed by atoms with E-state index < -0.39 is 5.82 Å². The molecule has 0 saturated carbocycles. The maximum absolute atomic E-state index is 13.3. The zero-order valence-electron chi connectivity index (χ0n) is 10.0. The minimum atomic E-state index is -0.418. The van der Waals surface area contributed by atoms with Crippen molar-refractivity contribution in [3.05, 3.63) is 64.2 Å². The van der Waals surface area contributed by atoms with Crippen LogP contribution >= 0.6 is 11.6 Å². The van der Waals surface area contributed by atoms with Gasteiger partial charge in [0.25, 0.3) is 0 Å². The van der Waals surface area contributed by atoms with Crippen LogP contribution in [-0.2, 0) is 6.42 Å². The predicted molar refractivity (Wildman–Crippen MR) is 71.0 cm³/mol. The molecule has 1 unspecified atom stereocenters. The molecule has 0 bridgehead atoms. The quantitative estimate of drug-likeness (QED) is 0.923. The second-order valence-corrected chi connectivity index (χ2v) is 4.61. The number of hydrogen-bond acceptors (Lipinski definition) is 2. The van der Waals surface area contributed by atoms with Crippen molar-refractivity contribution in [2.75, 3.05) is 0 Å². The Labute approximate surface area is 111 Å². The highest BCUT2D eigenvalue weighted by molar-refractivity contribution is 6.31. The first-order valence-electron chi connectivity index (χ1n) is 5.70. The van der Waals surface area contributed by atoms with Crippen molar-refractivity contribution >= 4 is 11.6 Å². The van der Waals surface area contributed by atoms with Crippen LogP contribution in [0.4, 0.5) is 4.39 Å². The van der Waals surface area contributed by atoms with Crippen LogP contribution in [0.25, 0.3) is 0 Å². The molecule has 1 heterocycles. The molecule has 4 heteroatoms. The van der Waals surface area contributed by atoms with Gasteiger partial charge < -0.3 is 5.73 Å². The van der Waals surface area contributed by atoms with Gasteiger partial charge in [0.15, 0.2) is 0 Å². The van der Waals surface area contributed by atoms with E-state index in [0.717, 1.165) is 11.4 Å². The van der Waals surface area contributed by atoms with E-state index in [1.807, 2.05) is 25.1 Å². The Hall–Kier alpha value is -1.45. The smallest absolute Gasteiger partial charge is 0.142 e. The molecule has 2 nitrogen and oxygen atoms in total. The van der Waals surface area contributed by atoms with Crippen molar-refractivity contribution in [2.24, 2.45) is 5.73 Å². The molecule has 0 aliphatic rings. The first-order chi connectivity index (χ1) is 8.58. The Morgan fingerprint density at radius 2 is 2.00 bits per heavy atom. The Morgan fingerprint density at radius 3 is 2.72 bits per heavy atom. The summed E-state index contributed by atoms with van der Waals surface area (Å²) in [7, 11) is 0. The van der Waals surface area contributed by atoms with E-state index in [1.165, 1.54) is 6.07 Å². The van der Waals surface area contributed by atoms with Gasteiger partial charge in [0.1, 0.15) is 5.82 Å². The Kier molecular flexibility index (Phi) is 3.94. The molecule has 0 saturated heterocycles. The SMILES string of the molecule is Cc1cccc(C(N)Cc2cccc(F)c2Cl)n1. The lowest BCUT2D eigenvalue weighted by Crippen LogP contribution is -2.15. The highest BCUT2D eigenvalue weighted by atomic mass is 35.5. The summed E-state index contributed by atoms with van der Waals surface area (Å²) >= 11 is 5.91. The maximum atomic E-state index is 13.3. The van der Waals surface area contributed by atoms with Gasteiger partial charge in [-0.15, -0.1) is 0 Å². The molecule has 1 aromatic heterocycles. The number of aromatic nitrogens is 1. The van der Waals surface area contributed by atoms with Gasteiger partial charge in [-0.3, -0.25) is 4.98 Å². The Balaban J connectivity index is 2.21. The normalized spacial score (nSPS) is 12.4.